The van der Waals surface area contributed by atoms with Gasteiger partial charge in [0.25, 0.3) is 0 Å². The van der Waals surface area contributed by atoms with Crippen LogP contribution in [0.1, 0.15) is 37.8 Å². The quantitative estimate of drug-likeness (QED) is 0.654. The number of halogens is 4. The summed E-state index contributed by atoms with van der Waals surface area (Å²) < 4.78 is 45.3. The van der Waals surface area contributed by atoms with Gasteiger partial charge in [-0.2, -0.15) is 0 Å². The van der Waals surface area contributed by atoms with E-state index in [0.29, 0.717) is 29.4 Å². The number of hydrogen-bond acceptors (Lipinski definition) is 2. The molecule has 2 nitrogen and oxygen atoms in total. The molecule has 6 heteroatoms. The van der Waals surface area contributed by atoms with Gasteiger partial charge in [-0.15, -0.1) is 0 Å². The summed E-state index contributed by atoms with van der Waals surface area (Å²) in [6.07, 6.45) is 1.11. The Morgan fingerprint density at radius 2 is 2.00 bits per heavy atom. The zero-order chi connectivity index (χ0) is 17.5. The van der Waals surface area contributed by atoms with Crippen LogP contribution < -0.4 is 4.74 Å². The third kappa shape index (κ3) is 3.52. The van der Waals surface area contributed by atoms with Crippen LogP contribution in [0.15, 0.2) is 12.1 Å². The van der Waals surface area contributed by atoms with Crippen LogP contribution in [0.3, 0.4) is 0 Å². The second-order valence-corrected chi connectivity index (χ2v) is 6.92. The zero-order valence-corrected chi connectivity index (χ0v) is 13.6. The van der Waals surface area contributed by atoms with Gasteiger partial charge in [0.2, 0.25) is 0 Å². The van der Waals surface area contributed by atoms with E-state index in [1.807, 2.05) is 0 Å². The Bertz CT molecular complexity index is 646. The van der Waals surface area contributed by atoms with Gasteiger partial charge in [-0.1, -0.05) is 0 Å². The first kappa shape index (κ1) is 18.2. The van der Waals surface area contributed by atoms with Crippen LogP contribution in [0.5, 0.6) is 5.75 Å². The summed E-state index contributed by atoms with van der Waals surface area (Å²) in [4.78, 5) is 0. The molecule has 0 amide bonds. The molecule has 1 atom stereocenters. The molecule has 0 spiro atoms. The Labute approximate surface area is 138 Å². The Morgan fingerprint density at radius 1 is 1.35 bits per heavy atom. The fraction of sp³-hybridized carbons (Fsp3) is 0.529. The molecule has 1 aromatic carbocycles. The average Bonchev–Trinajstić information content (AvgIpc) is 2.83. The summed E-state index contributed by atoms with van der Waals surface area (Å²) in [5.74, 6) is 2.22. The van der Waals surface area contributed by atoms with Crippen LogP contribution in [0.2, 0.25) is 5.02 Å². The second-order valence-electron chi connectivity index (χ2n) is 6.48. The van der Waals surface area contributed by atoms with Gasteiger partial charge in [0, 0.05) is 0 Å². The van der Waals surface area contributed by atoms with Crippen molar-refractivity contribution in [1.82, 2.24) is 0 Å². The van der Waals surface area contributed by atoms with Crippen molar-refractivity contribution in [3.05, 3.63) is 34.7 Å². The summed E-state index contributed by atoms with van der Waals surface area (Å²) in [6, 6.07) is 3.32. The first-order chi connectivity index (χ1) is 10.5. The first-order valence-electron chi connectivity index (χ1n) is 7.14. The van der Waals surface area contributed by atoms with Gasteiger partial charge in [0.05, 0.1) is 0 Å². The SMILES string of the molecule is [C+]#CCC(O)(CC(C)(C)c1cc(Cl)cc2c1OCC2)C(F)(F)F. The number of aliphatic hydroxyl groups is 1. The van der Waals surface area contributed by atoms with Gasteiger partial charge >= 0.3 is 138 Å². The second kappa shape index (κ2) is 6.04. The molecule has 1 aliphatic heterocycles. The normalized spacial score (nSPS) is 17.3. The minimum atomic E-state index is -4.86. The van der Waals surface area contributed by atoms with Crippen molar-refractivity contribution < 1.29 is 23.0 Å². The molecular formula is C17H17ClF3O2+. The van der Waals surface area contributed by atoms with E-state index < -0.39 is 30.0 Å². The number of benzene rings is 1. The van der Waals surface area contributed by atoms with Crippen molar-refractivity contribution in [2.45, 2.75) is 50.3 Å². The van der Waals surface area contributed by atoms with Crippen molar-refractivity contribution in [3.63, 3.8) is 0 Å². The predicted molar refractivity (Wildman–Crippen MR) is 81.0 cm³/mol. The van der Waals surface area contributed by atoms with Gasteiger partial charge in [0.1, 0.15) is 0 Å². The Hall–Kier alpha value is -1.16. The molecule has 0 aliphatic carbocycles. The van der Waals surface area contributed by atoms with Crippen LogP contribution >= 0.6 is 11.6 Å². The molecule has 124 valence electrons. The van der Waals surface area contributed by atoms with Gasteiger partial charge in [-0.3, -0.25) is 0 Å². The van der Waals surface area contributed by atoms with Crippen molar-refractivity contribution in [2.75, 3.05) is 6.61 Å². The molecule has 0 fully saturated rings. The van der Waals surface area contributed by atoms with E-state index in [9.17, 15) is 18.3 Å². The van der Waals surface area contributed by atoms with Gasteiger partial charge in [-0.25, -0.2) is 0 Å². The van der Waals surface area contributed by atoms with Crippen molar-refractivity contribution in [1.29, 1.82) is 0 Å². The van der Waals surface area contributed by atoms with Crippen LogP contribution in [0.4, 0.5) is 13.2 Å². The van der Waals surface area contributed by atoms with E-state index in [0.717, 1.165) is 5.56 Å². The molecule has 1 N–H and O–H groups in total. The zero-order valence-electron chi connectivity index (χ0n) is 12.9. The third-order valence-corrected chi connectivity index (χ3v) is 4.34. The topological polar surface area (TPSA) is 29.5 Å². The molecule has 23 heavy (non-hydrogen) atoms. The summed E-state index contributed by atoms with van der Waals surface area (Å²) in [7, 11) is 0. The summed E-state index contributed by atoms with van der Waals surface area (Å²) in [5, 5.41) is 10.5. The Kier molecular flexibility index (Phi) is 4.78. The number of ether oxygens (including phenoxy) is 1. The van der Waals surface area contributed by atoms with Crippen LogP contribution in [0, 0.1) is 12.3 Å². The third-order valence-electron chi connectivity index (χ3n) is 4.12. The standard InChI is InChI=1S/C17H17ClF3O2/c1-4-6-16(22,17(19,20)21)10-15(2,3)13-9-12(18)8-11-5-7-23-14(11)13/h8-9,22H,5-7,10H2,2-3H3/q+1. The average molecular weight is 346 g/mol. The fourth-order valence-electron chi connectivity index (χ4n) is 3.01. The molecule has 1 aliphatic rings. The van der Waals surface area contributed by atoms with Crippen LogP contribution in [0.25, 0.3) is 0 Å². The molecule has 0 radical (unpaired) electrons. The first-order valence-corrected chi connectivity index (χ1v) is 7.52. The molecule has 1 unspecified atom stereocenters. The molecule has 1 aromatic rings. The van der Waals surface area contributed by atoms with Crippen molar-refractivity contribution >= 4 is 11.6 Å². The van der Waals surface area contributed by atoms with Gasteiger partial charge < -0.3 is 0 Å². The van der Waals surface area contributed by atoms with Crippen LogP contribution in [-0.2, 0) is 11.8 Å². The maximum atomic E-state index is 13.3. The van der Waals surface area contributed by atoms with Crippen molar-refractivity contribution in [3.8, 4) is 11.7 Å². The number of alkyl halides is 3. The van der Waals surface area contributed by atoms with E-state index in [4.69, 9.17) is 22.8 Å². The van der Waals surface area contributed by atoms with Gasteiger partial charge in [-0.05, 0) is 0 Å². The van der Waals surface area contributed by atoms with E-state index in [1.165, 1.54) is 0 Å². The Balaban J connectivity index is 2.45. The number of fused-ring (bicyclic) bond motifs is 1. The minimum absolute atomic E-state index is 0.423. The van der Waals surface area contributed by atoms with Crippen LogP contribution in [-0.4, -0.2) is 23.5 Å². The molecule has 2 rings (SSSR count). The molecule has 1 heterocycles. The molecule has 0 aromatic heterocycles. The Morgan fingerprint density at radius 3 is 2.57 bits per heavy atom. The maximum absolute atomic E-state index is 13.3. The molecule has 0 saturated heterocycles. The van der Waals surface area contributed by atoms with Crippen molar-refractivity contribution in [2.24, 2.45) is 0 Å². The van der Waals surface area contributed by atoms with E-state index >= 15 is 0 Å². The van der Waals surface area contributed by atoms with E-state index in [1.54, 1.807) is 31.9 Å². The molecular weight excluding hydrogens is 329 g/mol. The summed E-state index contributed by atoms with van der Waals surface area (Å²) >= 11 is 6.07. The van der Waals surface area contributed by atoms with E-state index in [2.05, 4.69) is 0 Å². The molecule has 0 bridgehead atoms. The fourth-order valence-corrected chi connectivity index (χ4v) is 3.25. The van der Waals surface area contributed by atoms with E-state index in [-0.39, 0.29) is 0 Å². The number of hydrogen-bond donors (Lipinski definition) is 1. The van der Waals surface area contributed by atoms with Gasteiger partial charge in [0.15, 0.2) is 0 Å². The summed E-state index contributed by atoms with van der Waals surface area (Å²) in [6.45, 7) is 3.65. The number of rotatable bonds is 4. The summed E-state index contributed by atoms with van der Waals surface area (Å²) in [5.41, 5.74) is -2.69. The predicted octanol–water partition coefficient (Wildman–Crippen LogP) is 4.22. The molecule has 0 saturated carbocycles. The monoisotopic (exact) mass is 345 g/mol.